The van der Waals surface area contributed by atoms with Crippen LogP contribution in [-0.4, -0.2) is 49.0 Å². The number of carbonyl (C=O) groups is 1. The highest BCUT2D eigenvalue weighted by Crippen LogP contribution is 2.12. The molecule has 0 saturated heterocycles. The highest BCUT2D eigenvalue weighted by atomic mass is 16.1. The van der Waals surface area contributed by atoms with Gasteiger partial charge in [0, 0.05) is 30.4 Å². The first-order chi connectivity index (χ1) is 9.97. The maximum atomic E-state index is 12.3. The maximum absolute atomic E-state index is 12.3. The number of anilines is 1. The van der Waals surface area contributed by atoms with Crippen molar-refractivity contribution >= 4 is 11.7 Å². The monoisotopic (exact) mass is 292 g/mol. The Bertz CT molecular complexity index is 435. The van der Waals surface area contributed by atoms with E-state index in [0.717, 1.165) is 30.9 Å². The molecule has 5 heteroatoms. The van der Waals surface area contributed by atoms with Crippen LogP contribution in [0.2, 0.25) is 0 Å². The van der Waals surface area contributed by atoms with E-state index in [0.29, 0.717) is 18.2 Å². The molecule has 0 aromatic carbocycles. The van der Waals surface area contributed by atoms with E-state index in [4.69, 9.17) is 0 Å². The quantitative estimate of drug-likeness (QED) is 0.771. The molecule has 5 nitrogen and oxygen atoms in total. The molecule has 1 rings (SSSR count). The first kappa shape index (κ1) is 17.4. The van der Waals surface area contributed by atoms with Crippen molar-refractivity contribution in [3.63, 3.8) is 0 Å². The number of nitrogens with zero attached hydrogens (tertiary/aromatic N) is 2. The number of carbonyl (C=O) groups excluding carboxylic acids is 1. The molecule has 1 amide bonds. The molecule has 0 saturated carbocycles. The van der Waals surface area contributed by atoms with Crippen LogP contribution in [0.25, 0.3) is 0 Å². The number of aromatic nitrogens is 1. The zero-order chi connectivity index (χ0) is 15.8. The first-order valence-electron chi connectivity index (χ1n) is 7.67. The van der Waals surface area contributed by atoms with E-state index in [2.05, 4.69) is 34.4 Å². The molecule has 0 aliphatic carbocycles. The van der Waals surface area contributed by atoms with Crippen molar-refractivity contribution in [2.45, 2.75) is 39.7 Å². The van der Waals surface area contributed by atoms with Gasteiger partial charge in [-0.15, -0.1) is 0 Å². The lowest BCUT2D eigenvalue weighted by molar-refractivity contribution is 0.0943. The van der Waals surface area contributed by atoms with Gasteiger partial charge in [0.2, 0.25) is 0 Å². The third kappa shape index (κ3) is 5.71. The van der Waals surface area contributed by atoms with Crippen LogP contribution in [0.5, 0.6) is 0 Å². The molecule has 0 fully saturated rings. The predicted octanol–water partition coefficient (Wildman–Crippen LogP) is 2.15. The van der Waals surface area contributed by atoms with Crippen molar-refractivity contribution in [3.8, 4) is 0 Å². The molecule has 1 aromatic rings. The number of likely N-dealkylation sites (N-methyl/N-ethyl adjacent to an activating group) is 1. The van der Waals surface area contributed by atoms with E-state index in [-0.39, 0.29) is 5.91 Å². The van der Waals surface area contributed by atoms with Gasteiger partial charge in [0.1, 0.15) is 5.82 Å². The average Bonchev–Trinajstić information content (AvgIpc) is 2.44. The van der Waals surface area contributed by atoms with Crippen LogP contribution >= 0.6 is 0 Å². The summed E-state index contributed by atoms with van der Waals surface area (Å²) in [6.45, 7) is 7.64. The molecular weight excluding hydrogens is 264 g/mol. The number of aryl methyl sites for hydroxylation is 1. The van der Waals surface area contributed by atoms with Crippen molar-refractivity contribution in [1.29, 1.82) is 0 Å². The number of rotatable bonds is 8. The molecule has 0 bridgehead atoms. The van der Waals surface area contributed by atoms with E-state index >= 15 is 0 Å². The van der Waals surface area contributed by atoms with E-state index in [1.807, 2.05) is 33.2 Å². The van der Waals surface area contributed by atoms with E-state index in [9.17, 15) is 4.79 Å². The van der Waals surface area contributed by atoms with E-state index in [1.165, 1.54) is 0 Å². The molecule has 0 aliphatic heterocycles. The van der Waals surface area contributed by atoms with Crippen LogP contribution in [0.4, 0.5) is 5.82 Å². The minimum absolute atomic E-state index is 0.0393. The summed E-state index contributed by atoms with van der Waals surface area (Å²) in [7, 11) is 4.01. The summed E-state index contributed by atoms with van der Waals surface area (Å²) < 4.78 is 0. The zero-order valence-corrected chi connectivity index (χ0v) is 13.9. The van der Waals surface area contributed by atoms with Crippen molar-refractivity contribution in [1.82, 2.24) is 15.2 Å². The maximum Gasteiger partial charge on any atom is 0.251 e. The Morgan fingerprint density at radius 1 is 1.33 bits per heavy atom. The Morgan fingerprint density at radius 3 is 2.62 bits per heavy atom. The molecule has 0 radical (unpaired) electrons. The Balaban J connectivity index is 2.81. The van der Waals surface area contributed by atoms with Gasteiger partial charge >= 0.3 is 0 Å². The predicted molar refractivity (Wildman–Crippen MR) is 87.9 cm³/mol. The van der Waals surface area contributed by atoms with Gasteiger partial charge in [-0.2, -0.15) is 0 Å². The molecule has 21 heavy (non-hydrogen) atoms. The minimum atomic E-state index is -0.0393. The lowest BCUT2D eigenvalue weighted by atomic mass is 10.1. The van der Waals surface area contributed by atoms with E-state index in [1.54, 1.807) is 0 Å². The number of nitrogens with one attached hydrogen (secondary N) is 2. The summed E-state index contributed by atoms with van der Waals surface area (Å²) in [5.41, 5.74) is 1.64. The Hall–Kier alpha value is -1.62. The van der Waals surface area contributed by atoms with Gasteiger partial charge in [0.05, 0.1) is 0 Å². The molecule has 1 atom stereocenters. The fraction of sp³-hybridized carbons (Fsp3) is 0.625. The summed E-state index contributed by atoms with van der Waals surface area (Å²) in [6.07, 6.45) is 1.90. The normalized spacial score (nSPS) is 12.3. The summed E-state index contributed by atoms with van der Waals surface area (Å²) in [4.78, 5) is 18.9. The van der Waals surface area contributed by atoms with Crippen LogP contribution in [0.15, 0.2) is 12.1 Å². The van der Waals surface area contributed by atoms with Crippen LogP contribution in [-0.2, 0) is 6.42 Å². The van der Waals surface area contributed by atoms with Crippen molar-refractivity contribution in [2.24, 2.45) is 0 Å². The highest BCUT2D eigenvalue weighted by Gasteiger charge is 2.11. The molecular formula is C16H28N4O. The van der Waals surface area contributed by atoms with Crippen molar-refractivity contribution in [3.05, 3.63) is 23.4 Å². The Labute approximate surface area is 128 Å². The summed E-state index contributed by atoms with van der Waals surface area (Å²) >= 11 is 0. The van der Waals surface area contributed by atoms with Gasteiger partial charge in [-0.1, -0.05) is 13.3 Å². The SMILES string of the molecule is CCCc1cc(C(=O)NCC(C)N(C)C)cc(NCC)n1. The van der Waals surface area contributed by atoms with Crippen LogP contribution in [0, 0.1) is 0 Å². The fourth-order valence-electron chi connectivity index (χ4n) is 1.90. The van der Waals surface area contributed by atoms with Crippen LogP contribution < -0.4 is 10.6 Å². The second kappa shape index (κ2) is 8.62. The molecule has 1 aromatic heterocycles. The highest BCUT2D eigenvalue weighted by molar-refractivity contribution is 5.95. The van der Waals surface area contributed by atoms with Gasteiger partial charge in [0.25, 0.3) is 5.91 Å². The van der Waals surface area contributed by atoms with Gasteiger partial charge in [-0.05, 0) is 46.5 Å². The molecule has 0 aliphatic rings. The summed E-state index contributed by atoms with van der Waals surface area (Å²) in [5, 5.41) is 6.17. The topological polar surface area (TPSA) is 57.3 Å². The number of amides is 1. The van der Waals surface area contributed by atoms with Crippen LogP contribution in [0.1, 0.15) is 43.2 Å². The Kier molecular flexibility index (Phi) is 7.15. The van der Waals surface area contributed by atoms with Crippen molar-refractivity contribution < 1.29 is 4.79 Å². The van der Waals surface area contributed by atoms with Gasteiger partial charge < -0.3 is 15.5 Å². The molecule has 1 unspecified atom stereocenters. The first-order valence-corrected chi connectivity index (χ1v) is 7.67. The molecule has 1 heterocycles. The van der Waals surface area contributed by atoms with Gasteiger partial charge in [-0.25, -0.2) is 4.98 Å². The lowest BCUT2D eigenvalue weighted by Crippen LogP contribution is -2.38. The smallest absolute Gasteiger partial charge is 0.251 e. The van der Waals surface area contributed by atoms with Gasteiger partial charge in [-0.3, -0.25) is 4.79 Å². The fourth-order valence-corrected chi connectivity index (χ4v) is 1.90. The average molecular weight is 292 g/mol. The zero-order valence-electron chi connectivity index (χ0n) is 13.9. The standard InChI is InChI=1S/C16H28N4O/c1-6-8-14-9-13(10-15(19-14)17-7-2)16(21)18-11-12(3)20(4)5/h9-10,12H,6-8,11H2,1-5H3,(H,17,19)(H,18,21). The summed E-state index contributed by atoms with van der Waals surface area (Å²) in [6, 6.07) is 4.01. The number of pyridine rings is 1. The van der Waals surface area contributed by atoms with Crippen LogP contribution in [0.3, 0.4) is 0 Å². The van der Waals surface area contributed by atoms with Gasteiger partial charge in [0.15, 0.2) is 0 Å². The number of hydrogen-bond acceptors (Lipinski definition) is 4. The molecule has 0 spiro atoms. The largest absolute Gasteiger partial charge is 0.370 e. The third-order valence-corrected chi connectivity index (χ3v) is 3.44. The Morgan fingerprint density at radius 2 is 2.05 bits per heavy atom. The number of hydrogen-bond donors (Lipinski definition) is 2. The third-order valence-electron chi connectivity index (χ3n) is 3.44. The van der Waals surface area contributed by atoms with Crippen molar-refractivity contribution in [2.75, 3.05) is 32.5 Å². The minimum Gasteiger partial charge on any atom is -0.370 e. The molecule has 118 valence electrons. The summed E-state index contributed by atoms with van der Waals surface area (Å²) in [5.74, 6) is 0.733. The van der Waals surface area contributed by atoms with E-state index < -0.39 is 0 Å². The second-order valence-electron chi connectivity index (χ2n) is 5.54. The second-order valence-corrected chi connectivity index (χ2v) is 5.54. The lowest BCUT2D eigenvalue weighted by Gasteiger charge is -2.20. The molecule has 2 N–H and O–H groups in total.